The third-order valence-corrected chi connectivity index (χ3v) is 12.4. The van der Waals surface area contributed by atoms with Gasteiger partial charge in [-0.15, -0.1) is 59.7 Å². The van der Waals surface area contributed by atoms with Gasteiger partial charge in [0.05, 0.1) is 24.9 Å². The van der Waals surface area contributed by atoms with Gasteiger partial charge in [-0.2, -0.15) is 11.3 Å². The van der Waals surface area contributed by atoms with Gasteiger partial charge < -0.3 is 9.55 Å². The Morgan fingerprint density at radius 3 is 2.23 bits per heavy atom. The zero-order chi connectivity index (χ0) is 38.4. The van der Waals surface area contributed by atoms with Crippen LogP contribution in [-0.2, 0) is 31.9 Å². The largest absolute Gasteiger partial charge is 0.333 e. The van der Waals surface area contributed by atoms with Crippen molar-refractivity contribution in [2.75, 3.05) is 0 Å². The van der Waals surface area contributed by atoms with Crippen molar-refractivity contribution in [3.05, 3.63) is 145 Å². The SMILES string of the molecule is CC(C)(C)c1ccc(-n2c(-c3[c-]cc4c(c3)sc3ccccc34)nc3ccccc32)cc1.[2H]C([2H])(c1cc(-c2[c-]cccc2)ncc1[Si](C)(C)C)C(C)C.[Ir]. The molecule has 0 bridgehead atoms. The second kappa shape index (κ2) is 15.7. The predicted molar refractivity (Wildman–Crippen MR) is 227 cm³/mol. The Kier molecular flexibility index (Phi) is 10.6. The van der Waals surface area contributed by atoms with Crippen molar-refractivity contribution in [1.82, 2.24) is 14.5 Å². The minimum atomic E-state index is -1.67. The molecule has 0 spiro atoms. The van der Waals surface area contributed by atoms with Crippen LogP contribution < -0.4 is 5.19 Å². The number of imidazole rings is 1. The molecule has 0 aliphatic heterocycles. The summed E-state index contributed by atoms with van der Waals surface area (Å²) in [7, 11) is -1.67. The molecule has 8 aromatic rings. The van der Waals surface area contributed by atoms with Gasteiger partial charge in [0, 0.05) is 39.4 Å². The Morgan fingerprint density at radius 2 is 1.53 bits per heavy atom. The van der Waals surface area contributed by atoms with Gasteiger partial charge in [-0.1, -0.05) is 114 Å². The van der Waals surface area contributed by atoms with E-state index in [0.717, 1.165) is 50.1 Å². The molecule has 0 unspecified atom stereocenters. The first-order valence-corrected chi connectivity index (χ1v) is 22.3. The molecule has 1 radical (unpaired) electrons. The first-order valence-electron chi connectivity index (χ1n) is 19.0. The summed E-state index contributed by atoms with van der Waals surface area (Å²) in [6.45, 7) is 17.3. The van der Waals surface area contributed by atoms with Crippen molar-refractivity contribution in [2.45, 2.75) is 66.0 Å². The quantitative estimate of drug-likeness (QED) is 0.123. The fourth-order valence-electron chi connectivity index (χ4n) is 6.55. The van der Waals surface area contributed by atoms with Gasteiger partial charge in [0.1, 0.15) is 0 Å². The maximum atomic E-state index is 8.55. The van der Waals surface area contributed by atoms with Crippen LogP contribution in [0.3, 0.4) is 0 Å². The second-order valence-corrected chi connectivity index (χ2v) is 21.8. The summed E-state index contributed by atoms with van der Waals surface area (Å²) in [6.07, 6.45) is 0.528. The fraction of sp³-hybridized carbons (Fsp3) is 0.234. The van der Waals surface area contributed by atoms with E-state index in [-0.39, 0.29) is 31.4 Å². The van der Waals surface area contributed by atoms with Crippen LogP contribution in [0.25, 0.3) is 59.5 Å². The zero-order valence-electron chi connectivity index (χ0n) is 33.7. The molecule has 3 heterocycles. The summed E-state index contributed by atoms with van der Waals surface area (Å²) in [5.74, 6) is 0.840. The number of benzene rings is 5. The van der Waals surface area contributed by atoms with Gasteiger partial charge >= 0.3 is 0 Å². The number of para-hydroxylation sites is 2. The Bertz CT molecular complexity index is 2580. The van der Waals surface area contributed by atoms with Crippen LogP contribution in [0.15, 0.2) is 121 Å². The maximum Gasteiger partial charge on any atom is 0.0798 e. The molecule has 0 atom stereocenters. The van der Waals surface area contributed by atoms with Crippen LogP contribution in [0.4, 0.5) is 0 Å². The van der Waals surface area contributed by atoms with Crippen molar-refractivity contribution >= 4 is 55.8 Å². The van der Waals surface area contributed by atoms with Gasteiger partial charge in [-0.05, 0) is 74.6 Å². The number of aromatic nitrogens is 3. The van der Waals surface area contributed by atoms with Gasteiger partial charge in [-0.25, -0.2) is 0 Å². The number of pyridine rings is 1. The molecule has 8 rings (SSSR count). The van der Waals surface area contributed by atoms with E-state index < -0.39 is 14.4 Å². The minimum absolute atomic E-state index is 0. The van der Waals surface area contributed by atoms with Crippen LogP contribution in [0, 0.1) is 18.1 Å². The topological polar surface area (TPSA) is 30.7 Å². The first kappa shape index (κ1) is 35.8. The van der Waals surface area contributed by atoms with E-state index in [2.05, 4.69) is 141 Å². The molecular formula is C47H47IrN3SSi-2. The Morgan fingerprint density at radius 1 is 0.811 bits per heavy atom. The summed E-state index contributed by atoms with van der Waals surface area (Å²) in [5.41, 5.74) is 8.18. The molecule has 0 amide bonds. The molecular weight excluding hydrogens is 859 g/mol. The minimum Gasteiger partial charge on any atom is -0.333 e. The van der Waals surface area contributed by atoms with Crippen LogP contribution in [0.5, 0.6) is 0 Å². The smallest absolute Gasteiger partial charge is 0.0798 e. The third kappa shape index (κ3) is 8.32. The van der Waals surface area contributed by atoms with E-state index in [1.807, 2.05) is 67.8 Å². The van der Waals surface area contributed by atoms with Crippen molar-refractivity contribution in [1.29, 1.82) is 0 Å². The molecule has 0 saturated carbocycles. The van der Waals surface area contributed by atoms with E-state index in [1.165, 1.54) is 25.7 Å². The molecule has 6 heteroatoms. The molecule has 0 aliphatic carbocycles. The van der Waals surface area contributed by atoms with E-state index in [0.29, 0.717) is 0 Å². The molecule has 0 saturated heterocycles. The molecule has 53 heavy (non-hydrogen) atoms. The number of thiophene rings is 1. The predicted octanol–water partition coefficient (Wildman–Crippen LogP) is 12.4. The maximum absolute atomic E-state index is 8.55. The molecule has 3 aromatic heterocycles. The average Bonchev–Trinajstić information content (AvgIpc) is 3.73. The number of fused-ring (bicyclic) bond motifs is 4. The first-order chi connectivity index (χ1) is 25.6. The van der Waals surface area contributed by atoms with E-state index >= 15 is 0 Å². The van der Waals surface area contributed by atoms with E-state index in [9.17, 15) is 0 Å². The number of rotatable bonds is 6. The second-order valence-electron chi connectivity index (χ2n) is 15.7. The van der Waals surface area contributed by atoms with Crippen LogP contribution in [0.2, 0.25) is 19.6 Å². The van der Waals surface area contributed by atoms with Crippen molar-refractivity contribution < 1.29 is 22.8 Å². The number of nitrogens with zero attached hydrogens (tertiary/aromatic N) is 3. The Hall–Kier alpha value is -4.19. The summed E-state index contributed by atoms with van der Waals surface area (Å²) >= 11 is 1.83. The Labute approximate surface area is 336 Å². The standard InChI is InChI=1S/C29H23N2S.C18H24NSi.Ir/c1-29(2,3)20-13-15-21(16-14-20)31-25-10-6-5-9-24(25)30-28(31)19-12-17-23-22-8-4-7-11-26(22)32-27(23)18-19;1-14(2)11-16-12-17(15-9-7-6-8-10-15)19-13-18(16)20(3,4)5;/h4-11,13-18H,1-3H3;6-9,12-14H,11H2,1-5H3;/q2*-1;/i;11D2;. The summed E-state index contributed by atoms with van der Waals surface area (Å²) in [5, 5.41) is 3.65. The van der Waals surface area contributed by atoms with Crippen molar-refractivity contribution in [3.8, 4) is 28.3 Å². The monoisotopic (exact) mass is 908 g/mol. The normalized spacial score (nSPS) is 12.7. The molecule has 5 aromatic carbocycles. The Balaban J connectivity index is 0.000000198. The molecule has 271 valence electrons. The van der Waals surface area contributed by atoms with Gasteiger partial charge in [0.2, 0.25) is 0 Å². The number of hydrogen-bond donors (Lipinski definition) is 0. The summed E-state index contributed by atoms with van der Waals surface area (Å²) < 4.78 is 21.9. The van der Waals surface area contributed by atoms with Crippen LogP contribution in [0.1, 0.15) is 48.5 Å². The van der Waals surface area contributed by atoms with Crippen LogP contribution in [-0.4, -0.2) is 22.6 Å². The van der Waals surface area contributed by atoms with Gasteiger partial charge in [-0.3, -0.25) is 4.98 Å². The van der Waals surface area contributed by atoms with Crippen LogP contribution >= 0.6 is 11.3 Å². The number of hydrogen-bond acceptors (Lipinski definition) is 3. The van der Waals surface area contributed by atoms with Crippen molar-refractivity contribution in [2.24, 2.45) is 5.92 Å². The molecule has 0 N–H and O–H groups in total. The molecule has 0 fully saturated rings. The van der Waals surface area contributed by atoms with Gasteiger partial charge in [0.15, 0.2) is 0 Å². The summed E-state index contributed by atoms with van der Waals surface area (Å²) in [4.78, 5) is 9.61. The average molecular weight is 908 g/mol. The van der Waals surface area contributed by atoms with E-state index in [4.69, 9.17) is 7.73 Å². The van der Waals surface area contributed by atoms with E-state index in [1.54, 1.807) is 0 Å². The van der Waals surface area contributed by atoms with Crippen molar-refractivity contribution in [3.63, 3.8) is 0 Å². The summed E-state index contributed by atoms with van der Waals surface area (Å²) in [6, 6.07) is 46.5. The van der Waals surface area contributed by atoms with Gasteiger partial charge in [0.25, 0.3) is 0 Å². The fourth-order valence-corrected chi connectivity index (χ4v) is 9.09. The molecule has 0 aliphatic rings. The molecule has 3 nitrogen and oxygen atoms in total. The third-order valence-electron chi connectivity index (χ3n) is 9.24. The zero-order valence-corrected chi connectivity index (χ0v) is 35.9.